The van der Waals surface area contributed by atoms with Crippen LogP contribution in [0.3, 0.4) is 0 Å². The first-order valence-corrected chi connectivity index (χ1v) is 7.68. The van der Waals surface area contributed by atoms with Crippen molar-refractivity contribution in [3.05, 3.63) is 35.4 Å². The molecule has 0 spiro atoms. The number of carbonyl (C=O) groups excluding carboxylic acids is 2. The molecule has 1 rings (SSSR count). The van der Waals surface area contributed by atoms with Crippen LogP contribution in [-0.4, -0.2) is 50.9 Å². The van der Waals surface area contributed by atoms with E-state index in [0.29, 0.717) is 12.5 Å². The fraction of sp³-hybridized carbons (Fsp3) is 0.529. The van der Waals surface area contributed by atoms with Crippen molar-refractivity contribution in [3.63, 3.8) is 0 Å². The number of nitrogens with one attached hydrogen (secondary N) is 2. The van der Waals surface area contributed by atoms with E-state index in [1.165, 1.54) is 16.0 Å². The molecule has 0 fully saturated rings. The van der Waals surface area contributed by atoms with Crippen molar-refractivity contribution in [3.8, 4) is 0 Å². The van der Waals surface area contributed by atoms with E-state index in [4.69, 9.17) is 0 Å². The standard InChI is InChI=1S/C17H27N3O2/c1-13(2)15-8-6-14(7-9-15)10-19(4)12-17(22)20(5)11-16(21)18-3/h6-9,13H,10-12H2,1-5H3,(H,18,21)/p+1. The maximum Gasteiger partial charge on any atom is 0.277 e. The van der Waals surface area contributed by atoms with Crippen LogP contribution < -0.4 is 10.2 Å². The molecule has 5 nitrogen and oxygen atoms in total. The third-order valence-corrected chi connectivity index (χ3v) is 3.69. The minimum Gasteiger partial charge on any atom is -0.358 e. The average molecular weight is 306 g/mol. The predicted molar refractivity (Wildman–Crippen MR) is 87.7 cm³/mol. The number of hydrogen-bond donors (Lipinski definition) is 2. The molecule has 2 amide bonds. The molecule has 0 aliphatic rings. The van der Waals surface area contributed by atoms with E-state index < -0.39 is 0 Å². The number of nitrogens with zero attached hydrogens (tertiary/aromatic N) is 1. The van der Waals surface area contributed by atoms with Crippen molar-refractivity contribution >= 4 is 11.8 Å². The smallest absolute Gasteiger partial charge is 0.277 e. The molecule has 1 unspecified atom stereocenters. The lowest BCUT2D eigenvalue weighted by Gasteiger charge is -2.19. The maximum atomic E-state index is 12.1. The van der Waals surface area contributed by atoms with Gasteiger partial charge < -0.3 is 15.1 Å². The number of likely N-dealkylation sites (N-methyl/N-ethyl adjacent to an activating group) is 3. The molecule has 0 radical (unpaired) electrons. The molecule has 0 bridgehead atoms. The Morgan fingerprint density at radius 3 is 2.32 bits per heavy atom. The van der Waals surface area contributed by atoms with Gasteiger partial charge >= 0.3 is 0 Å². The quantitative estimate of drug-likeness (QED) is 0.747. The lowest BCUT2D eigenvalue weighted by molar-refractivity contribution is -0.885. The summed E-state index contributed by atoms with van der Waals surface area (Å²) in [6.45, 7) is 5.61. The highest BCUT2D eigenvalue weighted by molar-refractivity contribution is 5.84. The summed E-state index contributed by atoms with van der Waals surface area (Å²) >= 11 is 0. The fourth-order valence-corrected chi connectivity index (χ4v) is 2.21. The molecule has 22 heavy (non-hydrogen) atoms. The summed E-state index contributed by atoms with van der Waals surface area (Å²) in [7, 11) is 5.21. The average Bonchev–Trinajstić information content (AvgIpc) is 2.47. The topological polar surface area (TPSA) is 53.9 Å². The van der Waals surface area contributed by atoms with E-state index in [1.807, 2.05) is 7.05 Å². The Hall–Kier alpha value is -1.88. The summed E-state index contributed by atoms with van der Waals surface area (Å²) < 4.78 is 0. The molecule has 0 saturated heterocycles. The minimum absolute atomic E-state index is 0.0279. The number of amides is 2. The van der Waals surface area contributed by atoms with Gasteiger partial charge in [-0.2, -0.15) is 0 Å². The molecule has 5 heteroatoms. The number of benzene rings is 1. The highest BCUT2D eigenvalue weighted by Gasteiger charge is 2.16. The van der Waals surface area contributed by atoms with E-state index >= 15 is 0 Å². The SMILES string of the molecule is CNC(=O)CN(C)C(=O)C[NH+](C)Cc1ccc(C(C)C)cc1. The summed E-state index contributed by atoms with van der Waals surface area (Å²) in [6.07, 6.45) is 0. The fourth-order valence-electron chi connectivity index (χ4n) is 2.21. The molecule has 2 N–H and O–H groups in total. The van der Waals surface area contributed by atoms with Crippen molar-refractivity contribution in [2.24, 2.45) is 0 Å². The number of hydrogen-bond acceptors (Lipinski definition) is 2. The zero-order valence-electron chi connectivity index (χ0n) is 14.3. The lowest BCUT2D eigenvalue weighted by Crippen LogP contribution is -3.08. The van der Waals surface area contributed by atoms with Gasteiger partial charge in [-0.15, -0.1) is 0 Å². The van der Waals surface area contributed by atoms with E-state index in [0.717, 1.165) is 11.4 Å². The third kappa shape index (κ3) is 5.85. The second-order valence-electron chi connectivity index (χ2n) is 6.13. The normalized spacial score (nSPS) is 12.1. The molecule has 122 valence electrons. The summed E-state index contributed by atoms with van der Waals surface area (Å²) in [5.41, 5.74) is 2.53. The van der Waals surface area contributed by atoms with Gasteiger partial charge in [-0.3, -0.25) is 9.59 Å². The maximum absolute atomic E-state index is 12.1. The number of quaternary nitrogens is 1. The van der Waals surface area contributed by atoms with Gasteiger partial charge in [0.1, 0.15) is 6.54 Å². The van der Waals surface area contributed by atoms with Gasteiger partial charge in [-0.1, -0.05) is 38.1 Å². The van der Waals surface area contributed by atoms with E-state index in [2.05, 4.69) is 43.4 Å². The van der Waals surface area contributed by atoms with Crippen LogP contribution in [0.25, 0.3) is 0 Å². The second kappa shape index (κ2) is 8.54. The summed E-state index contributed by atoms with van der Waals surface area (Å²) in [5.74, 6) is 0.344. The Morgan fingerprint density at radius 1 is 1.23 bits per heavy atom. The molecule has 1 aromatic carbocycles. The highest BCUT2D eigenvalue weighted by atomic mass is 16.2. The van der Waals surface area contributed by atoms with Crippen molar-refractivity contribution in [1.82, 2.24) is 10.2 Å². The summed E-state index contributed by atoms with van der Waals surface area (Å²) in [5, 5.41) is 2.52. The van der Waals surface area contributed by atoms with Crippen LogP contribution in [-0.2, 0) is 16.1 Å². The van der Waals surface area contributed by atoms with Crippen LogP contribution in [0.2, 0.25) is 0 Å². The molecule has 0 aliphatic carbocycles. The predicted octanol–water partition coefficient (Wildman–Crippen LogP) is 0.0291. The molecule has 0 aliphatic heterocycles. The second-order valence-corrected chi connectivity index (χ2v) is 6.13. The molecule has 1 atom stereocenters. The van der Waals surface area contributed by atoms with Gasteiger partial charge in [0, 0.05) is 19.7 Å². The zero-order chi connectivity index (χ0) is 16.7. The van der Waals surface area contributed by atoms with Crippen LogP contribution in [0.1, 0.15) is 30.9 Å². The van der Waals surface area contributed by atoms with Gasteiger partial charge in [-0.05, 0) is 11.5 Å². The van der Waals surface area contributed by atoms with Crippen LogP contribution in [0, 0.1) is 0 Å². The molecule has 0 saturated carbocycles. The molecular formula is C17H28N3O2+. The monoisotopic (exact) mass is 306 g/mol. The van der Waals surface area contributed by atoms with Crippen LogP contribution in [0.15, 0.2) is 24.3 Å². The van der Waals surface area contributed by atoms with Crippen LogP contribution in [0.5, 0.6) is 0 Å². The zero-order valence-corrected chi connectivity index (χ0v) is 14.3. The van der Waals surface area contributed by atoms with Crippen LogP contribution in [0.4, 0.5) is 0 Å². The van der Waals surface area contributed by atoms with Gasteiger partial charge in [-0.25, -0.2) is 0 Å². The van der Waals surface area contributed by atoms with E-state index in [-0.39, 0.29) is 18.4 Å². The summed E-state index contributed by atoms with van der Waals surface area (Å²) in [4.78, 5) is 25.9. The number of carbonyl (C=O) groups is 2. The van der Waals surface area contributed by atoms with Crippen molar-refractivity contribution in [1.29, 1.82) is 0 Å². The van der Waals surface area contributed by atoms with Crippen molar-refractivity contribution < 1.29 is 14.5 Å². The summed E-state index contributed by atoms with van der Waals surface area (Å²) in [6, 6.07) is 8.54. The third-order valence-electron chi connectivity index (χ3n) is 3.69. The Labute approximate surface area is 133 Å². The van der Waals surface area contributed by atoms with Gasteiger partial charge in [0.05, 0.1) is 13.6 Å². The van der Waals surface area contributed by atoms with Crippen molar-refractivity contribution in [2.75, 3.05) is 34.2 Å². The molecule has 0 aromatic heterocycles. The van der Waals surface area contributed by atoms with Crippen molar-refractivity contribution in [2.45, 2.75) is 26.3 Å². The van der Waals surface area contributed by atoms with Gasteiger partial charge in [0.25, 0.3) is 5.91 Å². The Bertz CT molecular complexity index is 497. The van der Waals surface area contributed by atoms with Gasteiger partial charge in [0.2, 0.25) is 5.91 Å². The Kier molecular flexibility index (Phi) is 7.05. The van der Waals surface area contributed by atoms with E-state index in [9.17, 15) is 9.59 Å². The molecule has 0 heterocycles. The largest absolute Gasteiger partial charge is 0.358 e. The number of rotatable bonds is 7. The first kappa shape index (κ1) is 18.2. The molecule has 1 aromatic rings. The van der Waals surface area contributed by atoms with E-state index in [1.54, 1.807) is 14.1 Å². The first-order valence-electron chi connectivity index (χ1n) is 7.68. The van der Waals surface area contributed by atoms with Crippen LogP contribution >= 0.6 is 0 Å². The first-order chi connectivity index (χ1) is 10.3. The molecular weight excluding hydrogens is 278 g/mol. The Morgan fingerprint density at radius 2 is 1.82 bits per heavy atom. The minimum atomic E-state index is -0.155. The lowest BCUT2D eigenvalue weighted by atomic mass is 10.0. The highest BCUT2D eigenvalue weighted by Crippen LogP contribution is 2.14. The van der Waals surface area contributed by atoms with Gasteiger partial charge in [0.15, 0.2) is 6.54 Å². The Balaban J connectivity index is 2.49.